The first kappa shape index (κ1) is 27.7. The standard InChI is InChI=1S/C26H32Cl2FN5O3/c1-14-23(15(2)37-33-14)25-24(28)22(9-16-7-8-34(4)12-21(16)29)31-26(32-25)19-10-18(5-6-20(19)27)36-13-17(35)11-30-3/h5-6,10,16-17,21,30,35H,7-9,11-13H2,1-4H3/t16-,17+,21-/m0/s1. The van der Waals surface area contributed by atoms with E-state index in [2.05, 4.69) is 10.5 Å². The molecule has 0 bridgehead atoms. The first-order valence-electron chi connectivity index (χ1n) is 12.3. The highest BCUT2D eigenvalue weighted by Crippen LogP contribution is 2.38. The molecule has 2 aromatic heterocycles. The molecule has 1 fully saturated rings. The average molecular weight is 552 g/mol. The maximum absolute atomic E-state index is 14.9. The number of aliphatic hydroxyl groups excluding tert-OH is 1. The van der Waals surface area contributed by atoms with E-state index in [0.717, 1.165) is 6.54 Å². The summed E-state index contributed by atoms with van der Waals surface area (Å²) < 4.78 is 26.1. The van der Waals surface area contributed by atoms with Crippen LogP contribution in [0.15, 0.2) is 22.7 Å². The molecule has 8 nitrogen and oxygen atoms in total. The number of hydrogen-bond acceptors (Lipinski definition) is 8. The molecule has 0 spiro atoms. The molecule has 0 radical (unpaired) electrons. The minimum absolute atomic E-state index is 0.104. The highest BCUT2D eigenvalue weighted by atomic mass is 35.5. The summed E-state index contributed by atoms with van der Waals surface area (Å²) in [7, 11) is 3.68. The molecule has 0 saturated carbocycles. The quantitative estimate of drug-likeness (QED) is 0.400. The van der Waals surface area contributed by atoms with E-state index in [9.17, 15) is 9.50 Å². The third-order valence-electron chi connectivity index (χ3n) is 6.59. The van der Waals surface area contributed by atoms with Gasteiger partial charge in [-0.2, -0.15) is 0 Å². The molecule has 2 N–H and O–H groups in total. The zero-order valence-electron chi connectivity index (χ0n) is 21.4. The molecular weight excluding hydrogens is 520 g/mol. The predicted molar refractivity (Wildman–Crippen MR) is 142 cm³/mol. The van der Waals surface area contributed by atoms with Gasteiger partial charge in [-0.3, -0.25) is 0 Å². The minimum atomic E-state index is -0.986. The molecule has 1 aliphatic heterocycles. The maximum Gasteiger partial charge on any atom is 0.161 e. The number of rotatable bonds is 9. The minimum Gasteiger partial charge on any atom is -0.491 e. The van der Waals surface area contributed by atoms with Gasteiger partial charge < -0.3 is 24.6 Å². The number of halogens is 3. The van der Waals surface area contributed by atoms with E-state index in [-0.39, 0.29) is 12.5 Å². The molecular formula is C26H32Cl2FN5O3. The van der Waals surface area contributed by atoms with Crippen LogP contribution >= 0.6 is 23.2 Å². The molecule has 1 aromatic carbocycles. The highest BCUT2D eigenvalue weighted by Gasteiger charge is 2.30. The van der Waals surface area contributed by atoms with Gasteiger partial charge in [0.25, 0.3) is 0 Å². The van der Waals surface area contributed by atoms with E-state index in [1.807, 2.05) is 18.9 Å². The van der Waals surface area contributed by atoms with Crippen molar-refractivity contribution in [3.63, 3.8) is 0 Å². The van der Waals surface area contributed by atoms with E-state index < -0.39 is 12.3 Å². The third-order valence-corrected chi connectivity index (χ3v) is 7.31. The second kappa shape index (κ2) is 12.0. The van der Waals surface area contributed by atoms with Gasteiger partial charge in [0.15, 0.2) is 5.82 Å². The molecule has 11 heteroatoms. The number of nitrogens with one attached hydrogen (secondary N) is 1. The molecule has 3 aromatic rings. The summed E-state index contributed by atoms with van der Waals surface area (Å²) in [5, 5.41) is 17.7. The van der Waals surface area contributed by atoms with Gasteiger partial charge in [0.1, 0.15) is 30.4 Å². The van der Waals surface area contributed by atoms with E-state index in [1.54, 1.807) is 32.2 Å². The normalized spacial score (nSPS) is 19.2. The van der Waals surface area contributed by atoms with Crippen molar-refractivity contribution in [3.05, 3.63) is 45.4 Å². The molecule has 200 valence electrons. The Morgan fingerprint density at radius 1 is 1.30 bits per heavy atom. The summed E-state index contributed by atoms with van der Waals surface area (Å²) in [4.78, 5) is 11.5. The van der Waals surface area contributed by atoms with Crippen molar-refractivity contribution in [1.82, 2.24) is 25.3 Å². The first-order chi connectivity index (χ1) is 17.7. The van der Waals surface area contributed by atoms with Crippen LogP contribution in [0.3, 0.4) is 0 Å². The van der Waals surface area contributed by atoms with Crippen LogP contribution in [0.4, 0.5) is 4.39 Å². The van der Waals surface area contributed by atoms with Crippen molar-refractivity contribution >= 4 is 23.2 Å². The van der Waals surface area contributed by atoms with E-state index in [0.29, 0.717) is 81.5 Å². The summed E-state index contributed by atoms with van der Waals surface area (Å²) in [6.07, 6.45) is -0.589. The van der Waals surface area contributed by atoms with E-state index in [4.69, 9.17) is 42.4 Å². The number of aryl methyl sites for hydroxylation is 2. The molecule has 1 aliphatic rings. The summed E-state index contributed by atoms with van der Waals surface area (Å²) in [5.41, 5.74) is 2.86. The van der Waals surface area contributed by atoms with Gasteiger partial charge in [0.05, 0.1) is 32.7 Å². The van der Waals surface area contributed by atoms with Crippen molar-refractivity contribution in [2.75, 3.05) is 40.3 Å². The van der Waals surface area contributed by atoms with Crippen molar-refractivity contribution in [3.8, 4) is 28.4 Å². The van der Waals surface area contributed by atoms with Crippen LogP contribution in [-0.4, -0.2) is 77.7 Å². The Morgan fingerprint density at radius 2 is 2.08 bits per heavy atom. The number of hydrogen-bond donors (Lipinski definition) is 2. The topological polar surface area (TPSA) is 96.5 Å². The Labute approximate surface area is 226 Å². The smallest absolute Gasteiger partial charge is 0.161 e. The highest BCUT2D eigenvalue weighted by molar-refractivity contribution is 6.34. The van der Waals surface area contributed by atoms with Crippen LogP contribution in [0.2, 0.25) is 10.0 Å². The number of aromatic nitrogens is 3. The van der Waals surface area contributed by atoms with Gasteiger partial charge in [-0.15, -0.1) is 0 Å². The lowest BCUT2D eigenvalue weighted by molar-refractivity contribution is 0.102. The molecule has 0 unspecified atom stereocenters. The summed E-state index contributed by atoms with van der Waals surface area (Å²) in [5.74, 6) is 1.20. The summed E-state index contributed by atoms with van der Waals surface area (Å²) in [6.45, 7) is 5.30. The van der Waals surface area contributed by atoms with Crippen LogP contribution in [0, 0.1) is 19.8 Å². The van der Waals surface area contributed by atoms with Gasteiger partial charge in [-0.1, -0.05) is 28.4 Å². The number of alkyl halides is 1. The molecule has 0 amide bonds. The van der Waals surface area contributed by atoms with Gasteiger partial charge >= 0.3 is 0 Å². The Hall–Kier alpha value is -2.30. The number of piperidine rings is 1. The fourth-order valence-electron chi connectivity index (χ4n) is 4.57. The number of aliphatic hydroxyl groups is 1. The Morgan fingerprint density at radius 3 is 2.76 bits per heavy atom. The maximum atomic E-state index is 14.9. The summed E-state index contributed by atoms with van der Waals surface area (Å²) >= 11 is 13.4. The Balaban J connectivity index is 1.76. The molecule has 4 rings (SSSR count). The van der Waals surface area contributed by atoms with Crippen LogP contribution in [0.5, 0.6) is 5.75 Å². The monoisotopic (exact) mass is 551 g/mol. The van der Waals surface area contributed by atoms with Crippen LogP contribution in [0.1, 0.15) is 23.6 Å². The van der Waals surface area contributed by atoms with Crippen molar-refractivity contribution in [2.24, 2.45) is 5.92 Å². The van der Waals surface area contributed by atoms with Gasteiger partial charge in [0, 0.05) is 18.7 Å². The fraction of sp³-hybridized carbons (Fsp3) is 0.500. The molecule has 1 saturated heterocycles. The van der Waals surface area contributed by atoms with Crippen molar-refractivity contribution in [2.45, 2.75) is 39.0 Å². The van der Waals surface area contributed by atoms with Crippen molar-refractivity contribution < 1.29 is 18.8 Å². The number of benzene rings is 1. The van der Waals surface area contributed by atoms with Crippen LogP contribution in [-0.2, 0) is 6.42 Å². The summed E-state index contributed by atoms with van der Waals surface area (Å²) in [6, 6.07) is 5.14. The zero-order valence-corrected chi connectivity index (χ0v) is 22.9. The second-order valence-corrected chi connectivity index (χ2v) is 10.3. The number of ether oxygens (including phenoxy) is 1. The molecule has 0 aliphatic carbocycles. The zero-order chi connectivity index (χ0) is 26.7. The second-order valence-electron chi connectivity index (χ2n) is 9.55. The average Bonchev–Trinajstić information content (AvgIpc) is 3.19. The van der Waals surface area contributed by atoms with Gasteiger partial charge in [-0.25, -0.2) is 14.4 Å². The van der Waals surface area contributed by atoms with Crippen LogP contribution < -0.4 is 10.1 Å². The van der Waals surface area contributed by atoms with E-state index in [1.165, 1.54) is 0 Å². The van der Waals surface area contributed by atoms with Gasteiger partial charge in [0.2, 0.25) is 0 Å². The van der Waals surface area contributed by atoms with Crippen molar-refractivity contribution in [1.29, 1.82) is 0 Å². The Bertz CT molecular complexity index is 1220. The van der Waals surface area contributed by atoms with Gasteiger partial charge in [-0.05, 0) is 71.4 Å². The Kier molecular flexibility index (Phi) is 9.03. The predicted octanol–water partition coefficient (Wildman–Crippen LogP) is 4.51. The fourth-order valence-corrected chi connectivity index (χ4v) is 5.03. The molecule has 37 heavy (non-hydrogen) atoms. The molecule has 3 heterocycles. The number of likely N-dealkylation sites (tertiary alicyclic amines) is 1. The lowest BCUT2D eigenvalue weighted by Crippen LogP contribution is -2.40. The first-order valence-corrected chi connectivity index (χ1v) is 13.0. The van der Waals surface area contributed by atoms with E-state index >= 15 is 0 Å². The molecule has 3 atom stereocenters. The third kappa shape index (κ3) is 6.41. The number of nitrogens with zero attached hydrogens (tertiary/aromatic N) is 4. The lowest BCUT2D eigenvalue weighted by Gasteiger charge is -2.32. The SMILES string of the molecule is CNC[C@@H](O)COc1ccc(Cl)c(-c2nc(C[C@@H]3CCN(C)C[C@@H]3F)c(Cl)c(-c3c(C)noc3C)n2)c1. The number of likely N-dealkylation sites (N-methyl/N-ethyl adjacent to an activating group) is 1. The van der Waals surface area contributed by atoms with Crippen LogP contribution in [0.25, 0.3) is 22.6 Å². The lowest BCUT2D eigenvalue weighted by atomic mass is 9.90. The largest absolute Gasteiger partial charge is 0.491 e.